The second-order valence-electron chi connectivity index (χ2n) is 7.74. The molecule has 0 unspecified atom stereocenters. The van der Waals surface area contributed by atoms with Gasteiger partial charge in [0.1, 0.15) is 6.04 Å². The third-order valence-electron chi connectivity index (χ3n) is 4.88. The molecule has 4 rings (SSSR count). The third kappa shape index (κ3) is 4.83. The van der Waals surface area contributed by atoms with E-state index in [0.717, 1.165) is 11.3 Å². The SMILES string of the molecule is CC(C)Cc1ccc([C@H]([NH2+][C@H](C)c2nnc(-c3cccs3)o2)c2cccs2)cc1. The molecular weight excluding hydrogens is 398 g/mol. The molecule has 0 spiro atoms. The van der Waals surface area contributed by atoms with Gasteiger partial charge in [-0.25, -0.2) is 0 Å². The molecule has 0 saturated heterocycles. The highest BCUT2D eigenvalue weighted by atomic mass is 32.1. The van der Waals surface area contributed by atoms with Gasteiger partial charge >= 0.3 is 0 Å². The van der Waals surface area contributed by atoms with E-state index in [2.05, 4.69) is 78.1 Å². The van der Waals surface area contributed by atoms with E-state index in [4.69, 9.17) is 4.42 Å². The zero-order chi connectivity index (χ0) is 20.2. The molecule has 0 fully saturated rings. The number of aromatic nitrogens is 2. The van der Waals surface area contributed by atoms with Crippen LogP contribution >= 0.6 is 22.7 Å². The Hall–Kier alpha value is -2.28. The number of rotatable bonds is 8. The smallest absolute Gasteiger partial charge is 0.274 e. The van der Waals surface area contributed by atoms with Gasteiger partial charge in [0, 0.05) is 5.56 Å². The van der Waals surface area contributed by atoms with Gasteiger partial charge in [-0.15, -0.1) is 32.9 Å². The normalized spacial score (nSPS) is 13.7. The van der Waals surface area contributed by atoms with Gasteiger partial charge in [0.25, 0.3) is 11.8 Å². The Morgan fingerprint density at radius 3 is 2.34 bits per heavy atom. The number of nitrogens with two attached hydrogens (primary N) is 1. The van der Waals surface area contributed by atoms with E-state index < -0.39 is 0 Å². The van der Waals surface area contributed by atoms with Gasteiger partial charge in [-0.1, -0.05) is 50.2 Å². The van der Waals surface area contributed by atoms with Gasteiger partial charge in [0.15, 0.2) is 6.04 Å². The fourth-order valence-electron chi connectivity index (χ4n) is 3.46. The molecule has 6 heteroatoms. The van der Waals surface area contributed by atoms with E-state index in [9.17, 15) is 0 Å². The summed E-state index contributed by atoms with van der Waals surface area (Å²) in [6.07, 6.45) is 1.11. The number of hydrogen-bond donors (Lipinski definition) is 1. The average Bonchev–Trinajstić information content (AvgIpc) is 3.48. The van der Waals surface area contributed by atoms with Gasteiger partial charge in [-0.2, -0.15) is 0 Å². The fraction of sp³-hybridized carbons (Fsp3) is 0.304. The van der Waals surface area contributed by atoms with Crippen molar-refractivity contribution in [1.29, 1.82) is 0 Å². The maximum absolute atomic E-state index is 5.97. The van der Waals surface area contributed by atoms with Gasteiger partial charge in [0.2, 0.25) is 0 Å². The molecule has 4 aromatic rings. The summed E-state index contributed by atoms with van der Waals surface area (Å²) in [6.45, 7) is 6.64. The molecule has 0 radical (unpaired) electrons. The molecule has 0 saturated carbocycles. The number of benzene rings is 1. The van der Waals surface area contributed by atoms with Crippen molar-refractivity contribution in [2.24, 2.45) is 5.92 Å². The highest BCUT2D eigenvalue weighted by Gasteiger charge is 2.26. The van der Waals surface area contributed by atoms with E-state index in [1.54, 1.807) is 22.7 Å². The average molecular weight is 425 g/mol. The van der Waals surface area contributed by atoms with Crippen LogP contribution in [0.2, 0.25) is 0 Å². The van der Waals surface area contributed by atoms with Crippen molar-refractivity contribution in [2.75, 3.05) is 0 Å². The standard InChI is InChI=1S/C23H25N3OS2/c1-15(2)14-17-8-10-18(11-9-17)21(19-6-4-12-28-19)24-16(3)22-25-26-23(27-22)20-7-5-13-29-20/h4-13,15-16,21,24H,14H2,1-3H3/p+1/t16-,21+/m1/s1. The van der Waals surface area contributed by atoms with Crippen molar-refractivity contribution in [2.45, 2.75) is 39.3 Å². The lowest BCUT2D eigenvalue weighted by molar-refractivity contribution is -0.725. The first-order valence-corrected chi connectivity index (χ1v) is 11.7. The van der Waals surface area contributed by atoms with Crippen LogP contribution in [0.5, 0.6) is 0 Å². The Balaban J connectivity index is 1.55. The zero-order valence-electron chi connectivity index (χ0n) is 16.9. The Bertz CT molecular complexity index is 1010. The summed E-state index contributed by atoms with van der Waals surface area (Å²) in [5.41, 5.74) is 2.68. The Morgan fingerprint density at radius 1 is 0.931 bits per heavy atom. The Morgan fingerprint density at radius 2 is 1.69 bits per heavy atom. The second kappa shape index (κ2) is 9.03. The van der Waals surface area contributed by atoms with Crippen LogP contribution in [0.1, 0.15) is 54.7 Å². The lowest BCUT2D eigenvalue weighted by atomic mass is 9.98. The van der Waals surface area contributed by atoms with Gasteiger partial charge in [0.05, 0.1) is 9.75 Å². The first-order chi connectivity index (χ1) is 14.1. The van der Waals surface area contributed by atoms with Crippen LogP contribution in [-0.4, -0.2) is 10.2 Å². The molecule has 3 heterocycles. The summed E-state index contributed by atoms with van der Waals surface area (Å²) in [4.78, 5) is 2.33. The first kappa shape index (κ1) is 20.0. The minimum absolute atomic E-state index is 0.0543. The molecule has 0 aliphatic rings. The third-order valence-corrected chi connectivity index (χ3v) is 6.69. The molecule has 2 N–H and O–H groups in total. The Kier molecular flexibility index (Phi) is 6.23. The van der Waals surface area contributed by atoms with Crippen LogP contribution in [0.25, 0.3) is 10.8 Å². The van der Waals surface area contributed by atoms with E-state index in [0.29, 0.717) is 17.7 Å². The van der Waals surface area contributed by atoms with Crippen LogP contribution in [0, 0.1) is 5.92 Å². The van der Waals surface area contributed by atoms with E-state index >= 15 is 0 Å². The van der Waals surface area contributed by atoms with Crippen molar-refractivity contribution in [3.05, 3.63) is 81.2 Å². The van der Waals surface area contributed by atoms with Crippen molar-refractivity contribution in [3.8, 4) is 10.8 Å². The lowest BCUT2D eigenvalue weighted by Gasteiger charge is -2.18. The summed E-state index contributed by atoms with van der Waals surface area (Å²) in [5.74, 6) is 1.92. The zero-order valence-corrected chi connectivity index (χ0v) is 18.5. The van der Waals surface area contributed by atoms with E-state index in [-0.39, 0.29) is 12.1 Å². The van der Waals surface area contributed by atoms with E-state index in [1.807, 2.05) is 17.5 Å². The van der Waals surface area contributed by atoms with Crippen LogP contribution in [0.15, 0.2) is 63.7 Å². The van der Waals surface area contributed by atoms with Gasteiger partial charge < -0.3 is 9.73 Å². The van der Waals surface area contributed by atoms with Crippen LogP contribution in [0.4, 0.5) is 0 Å². The number of hydrogen-bond acceptors (Lipinski definition) is 5. The molecule has 0 bridgehead atoms. The highest BCUT2D eigenvalue weighted by molar-refractivity contribution is 7.13. The van der Waals surface area contributed by atoms with Crippen LogP contribution in [-0.2, 0) is 6.42 Å². The summed E-state index contributed by atoms with van der Waals surface area (Å²) in [7, 11) is 0. The van der Waals surface area contributed by atoms with E-state index in [1.165, 1.54) is 16.0 Å². The predicted molar refractivity (Wildman–Crippen MR) is 119 cm³/mol. The van der Waals surface area contributed by atoms with Crippen molar-refractivity contribution in [1.82, 2.24) is 10.2 Å². The Labute approximate surface area is 179 Å². The maximum atomic E-state index is 5.97. The molecule has 4 nitrogen and oxygen atoms in total. The summed E-state index contributed by atoms with van der Waals surface area (Å²) in [5, 5.41) is 15.0. The summed E-state index contributed by atoms with van der Waals surface area (Å²) < 4.78 is 5.97. The second-order valence-corrected chi connectivity index (χ2v) is 9.66. The highest BCUT2D eigenvalue weighted by Crippen LogP contribution is 2.27. The number of quaternary nitrogens is 1. The molecule has 150 valence electrons. The maximum Gasteiger partial charge on any atom is 0.274 e. The van der Waals surface area contributed by atoms with Crippen molar-refractivity contribution < 1.29 is 9.73 Å². The fourth-order valence-corrected chi connectivity index (χ4v) is 4.94. The minimum Gasteiger partial charge on any atom is -0.414 e. The minimum atomic E-state index is 0.0543. The monoisotopic (exact) mass is 424 g/mol. The topological polar surface area (TPSA) is 55.5 Å². The molecule has 1 aromatic carbocycles. The molecular formula is C23H26N3OS2+. The van der Waals surface area contributed by atoms with Crippen molar-refractivity contribution >= 4 is 22.7 Å². The summed E-state index contributed by atoms with van der Waals surface area (Å²) >= 11 is 3.40. The molecule has 2 atom stereocenters. The lowest BCUT2D eigenvalue weighted by Crippen LogP contribution is -2.85. The van der Waals surface area contributed by atoms with Gasteiger partial charge in [-0.3, -0.25) is 0 Å². The molecule has 29 heavy (non-hydrogen) atoms. The van der Waals surface area contributed by atoms with Crippen molar-refractivity contribution in [3.63, 3.8) is 0 Å². The van der Waals surface area contributed by atoms with Gasteiger partial charge in [-0.05, 0) is 47.7 Å². The van der Waals surface area contributed by atoms with Crippen LogP contribution in [0.3, 0.4) is 0 Å². The number of nitrogens with zero attached hydrogens (tertiary/aromatic N) is 2. The molecule has 3 aromatic heterocycles. The van der Waals surface area contributed by atoms with Crippen LogP contribution < -0.4 is 5.32 Å². The quantitative estimate of drug-likeness (QED) is 0.408. The largest absolute Gasteiger partial charge is 0.414 e. The molecule has 0 amide bonds. The summed E-state index contributed by atoms with van der Waals surface area (Å²) in [6, 6.07) is 17.6. The molecule has 0 aliphatic carbocycles. The first-order valence-electron chi connectivity index (χ1n) is 9.94. The number of thiophene rings is 2. The predicted octanol–water partition coefficient (Wildman–Crippen LogP) is 5.47. The molecule has 0 aliphatic heterocycles.